The minimum Gasteiger partial charge on any atom is -0.324 e. The Balaban J connectivity index is 1.52. The highest BCUT2D eigenvalue weighted by Gasteiger charge is 2.08. The van der Waals surface area contributed by atoms with Gasteiger partial charge in [0, 0.05) is 23.0 Å². The molecule has 2 aromatic carbocycles. The Morgan fingerprint density at radius 2 is 1.72 bits per heavy atom. The second-order valence-electron chi connectivity index (χ2n) is 6.72. The van der Waals surface area contributed by atoms with Crippen LogP contribution in [0, 0.1) is 6.92 Å². The van der Waals surface area contributed by atoms with Gasteiger partial charge in [0.2, 0.25) is 11.9 Å². The monoisotopic (exact) mass is 409 g/mol. The number of aryl methyl sites for hydroxylation is 1. The van der Waals surface area contributed by atoms with Crippen LogP contribution >= 0.6 is 0 Å². The minimum atomic E-state index is -3.11. The van der Waals surface area contributed by atoms with Gasteiger partial charge in [-0.05, 0) is 42.8 Å². The Hall–Kier alpha value is -3.53. The van der Waals surface area contributed by atoms with Crippen LogP contribution in [-0.2, 0) is 15.6 Å². The zero-order chi connectivity index (χ0) is 20.4. The van der Waals surface area contributed by atoms with Gasteiger partial charge in [-0.15, -0.1) is 0 Å². The molecule has 2 aromatic heterocycles. The van der Waals surface area contributed by atoms with Crippen LogP contribution in [0.1, 0.15) is 11.3 Å². The van der Waals surface area contributed by atoms with E-state index in [1.54, 1.807) is 18.2 Å². The van der Waals surface area contributed by atoms with E-state index in [1.165, 1.54) is 12.6 Å². The maximum absolute atomic E-state index is 11.5. The van der Waals surface area contributed by atoms with Crippen molar-refractivity contribution in [1.29, 1.82) is 0 Å². The summed E-state index contributed by atoms with van der Waals surface area (Å²) in [6, 6.07) is 13.0. The van der Waals surface area contributed by atoms with Crippen LogP contribution in [0.4, 0.5) is 23.3 Å². The van der Waals surface area contributed by atoms with Gasteiger partial charge in [0.05, 0.1) is 17.0 Å². The van der Waals surface area contributed by atoms with Gasteiger partial charge in [-0.25, -0.2) is 18.4 Å². The number of nitrogens with one attached hydrogen (secondary N) is 3. The van der Waals surface area contributed by atoms with Gasteiger partial charge in [0.25, 0.3) is 0 Å². The fraction of sp³-hybridized carbons (Fsp3) is 0.158. The zero-order valence-electron chi connectivity index (χ0n) is 15.8. The molecule has 0 bridgehead atoms. The lowest BCUT2D eigenvalue weighted by molar-refractivity contribution is 0.601. The minimum absolute atomic E-state index is 0.0257. The molecule has 0 aliphatic rings. The summed E-state index contributed by atoms with van der Waals surface area (Å²) in [5, 5.41) is 14.5. The van der Waals surface area contributed by atoms with Crippen molar-refractivity contribution in [3.05, 3.63) is 60.0 Å². The highest BCUT2D eigenvalue weighted by molar-refractivity contribution is 7.89. The topological polar surface area (TPSA) is 126 Å². The second-order valence-corrected chi connectivity index (χ2v) is 8.86. The van der Waals surface area contributed by atoms with E-state index in [9.17, 15) is 8.42 Å². The van der Waals surface area contributed by atoms with Crippen molar-refractivity contribution >= 4 is 44.0 Å². The third kappa shape index (κ3) is 4.66. The fourth-order valence-electron chi connectivity index (χ4n) is 2.95. The number of H-pyrrole nitrogens is 1. The SMILES string of the molecule is Cc1n[nH]c2cc(Nc3ncnc(Nc4cccc(CS(C)(=O)=O)c4)n3)ccc12. The Kier molecular flexibility index (Phi) is 4.85. The normalized spacial score (nSPS) is 11.5. The lowest BCUT2D eigenvalue weighted by Gasteiger charge is -2.09. The molecule has 9 nitrogen and oxygen atoms in total. The van der Waals surface area contributed by atoms with E-state index in [4.69, 9.17) is 0 Å². The molecule has 4 aromatic rings. The fourth-order valence-corrected chi connectivity index (χ4v) is 3.74. The predicted molar refractivity (Wildman–Crippen MR) is 112 cm³/mol. The van der Waals surface area contributed by atoms with Gasteiger partial charge in [0.1, 0.15) is 6.33 Å². The van der Waals surface area contributed by atoms with Crippen LogP contribution in [-0.4, -0.2) is 39.8 Å². The number of benzene rings is 2. The van der Waals surface area contributed by atoms with Crippen molar-refractivity contribution in [2.75, 3.05) is 16.9 Å². The largest absolute Gasteiger partial charge is 0.324 e. The number of hydrogen-bond donors (Lipinski definition) is 3. The number of rotatable bonds is 6. The molecule has 0 atom stereocenters. The summed E-state index contributed by atoms with van der Waals surface area (Å²) in [5.74, 6) is 0.699. The van der Waals surface area contributed by atoms with Crippen LogP contribution in [0.5, 0.6) is 0 Å². The molecule has 0 spiro atoms. The molecular formula is C19H19N7O2S. The smallest absolute Gasteiger partial charge is 0.232 e. The van der Waals surface area contributed by atoms with Gasteiger partial charge in [0.15, 0.2) is 9.84 Å². The molecule has 4 rings (SSSR count). The quantitative estimate of drug-likeness (QED) is 0.444. The van der Waals surface area contributed by atoms with E-state index < -0.39 is 9.84 Å². The van der Waals surface area contributed by atoms with Crippen LogP contribution in [0.25, 0.3) is 10.9 Å². The molecule has 0 aliphatic heterocycles. The molecule has 29 heavy (non-hydrogen) atoms. The average molecular weight is 409 g/mol. The molecule has 0 aliphatic carbocycles. The summed E-state index contributed by atoms with van der Waals surface area (Å²) in [6.07, 6.45) is 2.61. The van der Waals surface area contributed by atoms with E-state index in [2.05, 4.69) is 35.8 Å². The number of anilines is 4. The van der Waals surface area contributed by atoms with Crippen molar-refractivity contribution in [2.45, 2.75) is 12.7 Å². The predicted octanol–water partition coefficient (Wildman–Crippen LogP) is 3.09. The van der Waals surface area contributed by atoms with E-state index in [1.807, 2.05) is 31.2 Å². The van der Waals surface area contributed by atoms with Gasteiger partial charge in [-0.1, -0.05) is 12.1 Å². The molecule has 0 saturated heterocycles. The van der Waals surface area contributed by atoms with Crippen molar-refractivity contribution < 1.29 is 8.42 Å². The summed E-state index contributed by atoms with van der Waals surface area (Å²) in [7, 11) is -3.11. The first-order chi connectivity index (χ1) is 13.9. The van der Waals surface area contributed by atoms with Crippen LogP contribution in [0.3, 0.4) is 0 Å². The summed E-state index contributed by atoms with van der Waals surface area (Å²) in [6.45, 7) is 1.95. The number of aromatic nitrogens is 5. The van der Waals surface area contributed by atoms with Gasteiger partial charge in [-0.2, -0.15) is 10.1 Å². The van der Waals surface area contributed by atoms with E-state index in [0.717, 1.165) is 22.3 Å². The van der Waals surface area contributed by atoms with Crippen molar-refractivity contribution in [3.8, 4) is 0 Å². The standard InChI is InChI=1S/C19H19N7O2S/c1-12-16-7-6-15(9-17(16)26-25-12)23-19-21-11-20-18(24-19)22-14-5-3-4-13(8-14)10-29(2,27)28/h3-9,11H,10H2,1-2H3,(H,25,26)(H2,20,21,22,23,24). The lowest BCUT2D eigenvalue weighted by atomic mass is 10.2. The van der Waals surface area contributed by atoms with Crippen molar-refractivity contribution in [1.82, 2.24) is 25.1 Å². The summed E-state index contributed by atoms with van der Waals surface area (Å²) >= 11 is 0. The third-order valence-corrected chi connectivity index (χ3v) is 5.05. The summed E-state index contributed by atoms with van der Waals surface area (Å²) in [4.78, 5) is 12.6. The molecule has 0 fully saturated rings. The number of sulfone groups is 1. The Morgan fingerprint density at radius 1 is 1.00 bits per heavy atom. The number of fused-ring (bicyclic) bond motifs is 1. The van der Waals surface area contributed by atoms with Gasteiger partial charge < -0.3 is 10.6 Å². The van der Waals surface area contributed by atoms with Crippen molar-refractivity contribution in [3.63, 3.8) is 0 Å². The van der Waals surface area contributed by atoms with Crippen LogP contribution < -0.4 is 10.6 Å². The lowest BCUT2D eigenvalue weighted by Crippen LogP contribution is -2.04. The Labute approximate surface area is 167 Å². The van der Waals surface area contributed by atoms with E-state index in [0.29, 0.717) is 23.1 Å². The molecule has 0 radical (unpaired) electrons. The number of nitrogens with zero attached hydrogens (tertiary/aromatic N) is 4. The van der Waals surface area contributed by atoms with Crippen LogP contribution in [0.2, 0.25) is 0 Å². The highest BCUT2D eigenvalue weighted by Crippen LogP contribution is 2.22. The third-order valence-electron chi connectivity index (χ3n) is 4.19. The number of aromatic amines is 1. The zero-order valence-corrected chi connectivity index (χ0v) is 16.7. The molecular weight excluding hydrogens is 390 g/mol. The Morgan fingerprint density at radius 3 is 2.45 bits per heavy atom. The first-order valence-corrected chi connectivity index (χ1v) is 10.9. The molecule has 3 N–H and O–H groups in total. The van der Waals surface area contributed by atoms with E-state index >= 15 is 0 Å². The summed E-state index contributed by atoms with van der Waals surface area (Å²) < 4.78 is 23.0. The maximum Gasteiger partial charge on any atom is 0.232 e. The molecule has 2 heterocycles. The number of hydrogen-bond acceptors (Lipinski definition) is 8. The van der Waals surface area contributed by atoms with Gasteiger partial charge >= 0.3 is 0 Å². The van der Waals surface area contributed by atoms with Gasteiger partial charge in [-0.3, -0.25) is 5.10 Å². The summed E-state index contributed by atoms with van der Waals surface area (Å²) in [5.41, 5.74) is 4.05. The van der Waals surface area contributed by atoms with Crippen LogP contribution in [0.15, 0.2) is 48.8 Å². The molecule has 148 valence electrons. The molecule has 0 amide bonds. The molecule has 10 heteroatoms. The highest BCUT2D eigenvalue weighted by atomic mass is 32.2. The Bertz CT molecular complexity index is 1280. The maximum atomic E-state index is 11.5. The molecule has 0 saturated carbocycles. The van der Waals surface area contributed by atoms with Crippen molar-refractivity contribution in [2.24, 2.45) is 0 Å². The van der Waals surface area contributed by atoms with E-state index in [-0.39, 0.29) is 5.75 Å². The molecule has 0 unspecified atom stereocenters. The first-order valence-electron chi connectivity index (χ1n) is 8.80. The average Bonchev–Trinajstić information content (AvgIpc) is 3.01. The second kappa shape index (κ2) is 7.47. The first kappa shape index (κ1) is 18.8.